The average Bonchev–Trinajstić information content (AvgIpc) is 3.78. The third-order valence-electron chi connectivity index (χ3n) is 12.2. The van der Waals surface area contributed by atoms with Gasteiger partial charge in [0.15, 0.2) is 0 Å². The molecule has 16 heteroatoms. The summed E-state index contributed by atoms with van der Waals surface area (Å²) >= 11 is 1.37. The lowest BCUT2D eigenvalue weighted by atomic mass is 9.79. The molecule has 0 radical (unpaired) electrons. The monoisotopic (exact) mass is 923 g/mol. The molecule has 0 spiro atoms. The Hall–Kier alpha value is -3.70. The molecule has 13 nitrogen and oxygen atoms in total. The Morgan fingerprint density at radius 2 is 1.87 bits per heavy atom. The summed E-state index contributed by atoms with van der Waals surface area (Å²) in [6.45, 7) is 14.8. The van der Waals surface area contributed by atoms with Gasteiger partial charge < -0.3 is 30.7 Å². The number of likely N-dealkylation sites (tertiary alicyclic amines) is 1. The Labute approximate surface area is 386 Å². The molecule has 346 valence electrons. The first-order valence-electron chi connectivity index (χ1n) is 22.8. The second-order valence-electron chi connectivity index (χ2n) is 17.3. The molecule has 4 amide bonds. The molecule has 0 saturated carbocycles. The lowest BCUT2D eigenvalue weighted by Gasteiger charge is -2.40. The van der Waals surface area contributed by atoms with Crippen LogP contribution in [-0.2, 0) is 25.5 Å². The van der Waals surface area contributed by atoms with Gasteiger partial charge in [-0.15, -0.1) is 11.3 Å². The number of carbonyl (C=O) groups excluding carboxylic acids is 4. The quantitative estimate of drug-likeness (QED) is 0.0543. The number of rotatable bonds is 23. The molecule has 63 heavy (non-hydrogen) atoms. The van der Waals surface area contributed by atoms with E-state index in [0.29, 0.717) is 49.7 Å². The highest BCUT2D eigenvalue weighted by atomic mass is 33.1. The Kier molecular flexibility index (Phi) is 20.1. The van der Waals surface area contributed by atoms with E-state index >= 15 is 0 Å². The number of nitrogens with zero attached hydrogens (tertiary/aromatic N) is 4. The molecular formula is C47H69N7O6S3. The van der Waals surface area contributed by atoms with Crippen LogP contribution in [0.5, 0.6) is 5.75 Å². The van der Waals surface area contributed by atoms with Gasteiger partial charge in [0.1, 0.15) is 33.6 Å². The van der Waals surface area contributed by atoms with Crippen molar-refractivity contribution in [2.75, 3.05) is 39.0 Å². The minimum Gasteiger partial charge on any atom is -0.508 e. The molecule has 2 aliphatic rings. The normalized spacial score (nSPS) is 19.7. The fourth-order valence-electron chi connectivity index (χ4n) is 8.52. The van der Waals surface area contributed by atoms with Crippen LogP contribution in [0.15, 0.2) is 53.0 Å². The lowest BCUT2D eigenvalue weighted by Crippen LogP contribution is -2.58. The van der Waals surface area contributed by atoms with Gasteiger partial charge in [-0.1, -0.05) is 77.3 Å². The van der Waals surface area contributed by atoms with Gasteiger partial charge >= 0.3 is 0 Å². The second kappa shape index (κ2) is 25.1. The summed E-state index contributed by atoms with van der Waals surface area (Å²) < 4.78 is 6.49. The van der Waals surface area contributed by atoms with Crippen molar-refractivity contribution in [1.29, 1.82) is 0 Å². The molecule has 1 aliphatic carbocycles. The smallest absolute Gasteiger partial charge is 0.270 e. The van der Waals surface area contributed by atoms with Crippen molar-refractivity contribution >= 4 is 56.6 Å². The number of phenols is 1. The summed E-state index contributed by atoms with van der Waals surface area (Å²) in [6, 6.07) is 9.40. The predicted molar refractivity (Wildman–Crippen MR) is 254 cm³/mol. The van der Waals surface area contributed by atoms with Gasteiger partial charge in [0.25, 0.3) is 5.91 Å². The van der Waals surface area contributed by atoms with Gasteiger partial charge in [-0.25, -0.2) is 9.97 Å². The largest absolute Gasteiger partial charge is 0.508 e. The fraction of sp³-hybridized carbons (Fsp3) is 0.617. The van der Waals surface area contributed by atoms with Crippen LogP contribution in [0.2, 0.25) is 0 Å². The maximum absolute atomic E-state index is 14.7. The van der Waals surface area contributed by atoms with Crippen molar-refractivity contribution in [2.45, 2.75) is 141 Å². The number of pyridine rings is 1. The molecule has 3 heterocycles. The number of likely N-dealkylation sites (N-methyl/N-ethyl adjacent to an activating group) is 1. The number of nitrogens with one attached hydrogen (secondary N) is 3. The van der Waals surface area contributed by atoms with Crippen LogP contribution in [0.4, 0.5) is 0 Å². The zero-order valence-corrected chi connectivity index (χ0v) is 40.6. The zero-order valence-electron chi connectivity index (χ0n) is 38.1. The molecule has 3 aromatic rings. The van der Waals surface area contributed by atoms with Crippen LogP contribution in [0.25, 0.3) is 0 Å². The van der Waals surface area contributed by atoms with Gasteiger partial charge in [0.2, 0.25) is 17.7 Å². The highest BCUT2D eigenvalue weighted by Crippen LogP contribution is 2.36. The third-order valence-corrected chi connectivity index (χ3v) is 15.4. The number of fused-ring (bicyclic) bond motifs is 1. The van der Waals surface area contributed by atoms with E-state index in [1.165, 1.54) is 11.3 Å². The van der Waals surface area contributed by atoms with Gasteiger partial charge in [-0.3, -0.25) is 24.1 Å². The third kappa shape index (κ3) is 14.1. The molecule has 2 aromatic heterocycles. The molecule has 4 N–H and O–H groups in total. The van der Waals surface area contributed by atoms with Crippen LogP contribution in [0.3, 0.4) is 0 Å². The van der Waals surface area contributed by atoms with Gasteiger partial charge in [-0.05, 0) is 110 Å². The summed E-state index contributed by atoms with van der Waals surface area (Å²) in [5.41, 5.74) is 1.94. The van der Waals surface area contributed by atoms with Gasteiger partial charge in [0, 0.05) is 55.5 Å². The van der Waals surface area contributed by atoms with Gasteiger partial charge in [-0.2, -0.15) is 0 Å². The Balaban J connectivity index is 1.28. The zero-order chi connectivity index (χ0) is 45.5. The van der Waals surface area contributed by atoms with Crippen LogP contribution >= 0.6 is 32.9 Å². The number of amides is 4. The van der Waals surface area contributed by atoms with Crippen LogP contribution in [0.1, 0.15) is 132 Å². The van der Waals surface area contributed by atoms with E-state index in [1.807, 2.05) is 50.1 Å². The average molecular weight is 924 g/mol. The first-order valence-corrected chi connectivity index (χ1v) is 26.0. The molecule has 1 saturated heterocycles. The summed E-state index contributed by atoms with van der Waals surface area (Å²) in [5, 5.41) is 23.1. The number of ether oxygens (including phenoxy) is 1. The van der Waals surface area contributed by atoms with E-state index in [0.717, 1.165) is 61.2 Å². The number of hydrogen-bond donors (Lipinski definition) is 4. The molecule has 1 aromatic carbocycles. The number of thiazole rings is 1. The number of hydrogen-bond acceptors (Lipinski definition) is 12. The van der Waals surface area contributed by atoms with Crippen LogP contribution in [-0.4, -0.2) is 112 Å². The highest BCUT2D eigenvalue weighted by Gasteiger charge is 2.39. The van der Waals surface area contributed by atoms with E-state index in [1.54, 1.807) is 45.3 Å². The minimum absolute atomic E-state index is 0.0597. The first-order chi connectivity index (χ1) is 30.3. The van der Waals surface area contributed by atoms with Crippen molar-refractivity contribution in [3.8, 4) is 5.75 Å². The molecule has 1 unspecified atom stereocenters. The molecular weight excluding hydrogens is 855 g/mol. The molecule has 1 fully saturated rings. The standard InChI is InChI=1S/C47H69N7O6S3/c1-8-21-54(47(59)42(31(6)10-3)52-45(58)38-15-12-14-22-53(38)7)39(30(4)5)28-40(60-23-9-2)46-51-37(29-61-46)44(57)50-33-25-32-17-18-34(55)27-35(32)36(26-33)43(56)49-20-24-62-63-41-16-11-13-19-48-41/h11,13,16-19,27,29-31,33,36,38-40,42,55H,8-10,12,14-15,20-26,28H2,1-7H3,(H,49,56)(H,50,57)(H,52,58)/t31-,33-,36+,38+,39?,40+,42-/m0/s1. The molecule has 5 rings (SSSR count). The Morgan fingerprint density at radius 3 is 2.57 bits per heavy atom. The maximum Gasteiger partial charge on any atom is 0.270 e. The van der Waals surface area contributed by atoms with E-state index in [4.69, 9.17) is 9.72 Å². The minimum atomic E-state index is -0.653. The van der Waals surface area contributed by atoms with Crippen LogP contribution in [0, 0.1) is 11.8 Å². The van der Waals surface area contributed by atoms with Crippen molar-refractivity contribution in [1.82, 2.24) is 35.7 Å². The van der Waals surface area contributed by atoms with Crippen LogP contribution < -0.4 is 16.0 Å². The summed E-state index contributed by atoms with van der Waals surface area (Å²) in [5.74, 6) is -0.403. The number of phenolic OH excluding ortho intramolecular Hbond substituents is 1. The first kappa shape index (κ1) is 50.3. The van der Waals surface area contributed by atoms with E-state index in [9.17, 15) is 24.3 Å². The summed E-state index contributed by atoms with van der Waals surface area (Å²) in [7, 11) is 5.15. The van der Waals surface area contributed by atoms with Crippen molar-refractivity contribution in [3.05, 3.63) is 69.8 Å². The predicted octanol–water partition coefficient (Wildman–Crippen LogP) is 7.77. The molecule has 1 aliphatic heterocycles. The molecule has 7 atom stereocenters. The Morgan fingerprint density at radius 1 is 1.06 bits per heavy atom. The van der Waals surface area contributed by atoms with Crippen molar-refractivity contribution < 1.29 is 29.0 Å². The highest BCUT2D eigenvalue weighted by molar-refractivity contribution is 8.76. The van der Waals surface area contributed by atoms with E-state index in [2.05, 4.69) is 53.5 Å². The summed E-state index contributed by atoms with van der Waals surface area (Å²) in [6.07, 6.45) is 7.78. The lowest BCUT2D eigenvalue weighted by molar-refractivity contribution is -0.143. The van der Waals surface area contributed by atoms with E-state index in [-0.39, 0.29) is 65.0 Å². The number of benzene rings is 1. The molecule has 0 bridgehead atoms. The topological polar surface area (TPSA) is 166 Å². The number of carbonyl (C=O) groups is 4. The maximum atomic E-state index is 14.7. The number of piperidine rings is 1. The van der Waals surface area contributed by atoms with E-state index < -0.39 is 18.1 Å². The van der Waals surface area contributed by atoms with Crippen molar-refractivity contribution in [3.63, 3.8) is 0 Å². The summed E-state index contributed by atoms with van der Waals surface area (Å²) in [4.78, 5) is 69.2. The van der Waals surface area contributed by atoms with Crippen molar-refractivity contribution in [2.24, 2.45) is 11.8 Å². The second-order valence-corrected chi connectivity index (χ2v) is 20.6. The number of aromatic hydroxyl groups is 1. The Bertz CT molecular complexity index is 1940. The SMILES string of the molecule is CCCO[C@H](CC(C(C)C)N(CCC)C(=O)[C@@H](NC(=O)[C@H]1CCCCN1C)[C@@H](C)CC)c1nc(C(=O)N[C@H]2Cc3ccc(O)cc3[C@H](C(=O)NCCSSc3ccccn3)C2)cs1. The van der Waals surface area contributed by atoms with Gasteiger partial charge in [0.05, 0.1) is 12.0 Å². The fourth-order valence-corrected chi connectivity index (χ4v) is 11.2. The number of aromatic nitrogens is 2.